The lowest BCUT2D eigenvalue weighted by atomic mass is 10.1. The van der Waals surface area contributed by atoms with E-state index in [0.29, 0.717) is 0 Å². The van der Waals surface area contributed by atoms with E-state index in [0.717, 1.165) is 24.4 Å². The van der Waals surface area contributed by atoms with Crippen LogP contribution in [0.4, 0.5) is 0 Å². The van der Waals surface area contributed by atoms with Gasteiger partial charge in [0.25, 0.3) is 0 Å². The highest BCUT2D eigenvalue weighted by molar-refractivity contribution is 5.05. The Hall–Kier alpha value is -0.980. The summed E-state index contributed by atoms with van der Waals surface area (Å²) in [5, 5.41) is 0. The molecule has 1 aromatic heterocycles. The summed E-state index contributed by atoms with van der Waals surface area (Å²) in [4.78, 5) is 0. The van der Waals surface area contributed by atoms with Crippen molar-refractivity contribution in [1.29, 1.82) is 0 Å². The Morgan fingerprint density at radius 2 is 2.25 bits per heavy atom. The van der Waals surface area contributed by atoms with Crippen LogP contribution in [0.5, 0.6) is 0 Å². The molecule has 0 unspecified atom stereocenters. The standard InChI is InChI=1S/C11H16O/c1-3-4-5-6-7-11-9-8-10(2)12-11/h3,8-9H,1,4-7H2,2H3. The van der Waals surface area contributed by atoms with E-state index in [1.54, 1.807) is 0 Å². The summed E-state index contributed by atoms with van der Waals surface area (Å²) >= 11 is 0. The van der Waals surface area contributed by atoms with Gasteiger partial charge in [-0.2, -0.15) is 0 Å². The fourth-order valence-electron chi connectivity index (χ4n) is 1.21. The van der Waals surface area contributed by atoms with Gasteiger partial charge in [0, 0.05) is 6.42 Å². The third-order valence-corrected chi connectivity index (χ3v) is 1.88. The summed E-state index contributed by atoms with van der Waals surface area (Å²) in [6.07, 6.45) is 6.54. The van der Waals surface area contributed by atoms with Crippen LogP contribution in [-0.4, -0.2) is 0 Å². The molecular formula is C11H16O. The van der Waals surface area contributed by atoms with Crippen molar-refractivity contribution in [3.05, 3.63) is 36.3 Å². The molecule has 1 aromatic rings. The van der Waals surface area contributed by atoms with E-state index in [-0.39, 0.29) is 0 Å². The summed E-state index contributed by atoms with van der Waals surface area (Å²) < 4.78 is 5.44. The molecule has 0 amide bonds. The largest absolute Gasteiger partial charge is 0.466 e. The molecule has 0 aliphatic carbocycles. The number of rotatable bonds is 5. The maximum Gasteiger partial charge on any atom is 0.104 e. The van der Waals surface area contributed by atoms with Crippen molar-refractivity contribution >= 4 is 0 Å². The Balaban J connectivity index is 2.19. The lowest BCUT2D eigenvalue weighted by Crippen LogP contribution is -1.81. The molecular weight excluding hydrogens is 148 g/mol. The highest BCUT2D eigenvalue weighted by atomic mass is 16.3. The zero-order valence-electron chi connectivity index (χ0n) is 7.68. The first-order valence-electron chi connectivity index (χ1n) is 4.49. The van der Waals surface area contributed by atoms with Gasteiger partial charge in [0.2, 0.25) is 0 Å². The van der Waals surface area contributed by atoms with Gasteiger partial charge in [0.1, 0.15) is 11.5 Å². The zero-order chi connectivity index (χ0) is 8.81. The van der Waals surface area contributed by atoms with Crippen molar-refractivity contribution in [3.8, 4) is 0 Å². The molecule has 12 heavy (non-hydrogen) atoms. The lowest BCUT2D eigenvalue weighted by Gasteiger charge is -1.94. The average Bonchev–Trinajstić information content (AvgIpc) is 2.45. The Bertz CT molecular complexity index is 235. The van der Waals surface area contributed by atoms with Crippen LogP contribution >= 0.6 is 0 Å². The van der Waals surface area contributed by atoms with Crippen molar-refractivity contribution in [1.82, 2.24) is 0 Å². The molecule has 0 spiro atoms. The SMILES string of the molecule is C=CCCCCc1ccc(C)o1. The second-order valence-corrected chi connectivity index (χ2v) is 3.05. The van der Waals surface area contributed by atoms with Gasteiger partial charge in [-0.05, 0) is 38.3 Å². The molecule has 0 fully saturated rings. The van der Waals surface area contributed by atoms with Crippen LogP contribution < -0.4 is 0 Å². The quantitative estimate of drug-likeness (QED) is 0.479. The average molecular weight is 164 g/mol. The molecule has 0 saturated heterocycles. The van der Waals surface area contributed by atoms with Crippen LogP contribution in [0.3, 0.4) is 0 Å². The van der Waals surface area contributed by atoms with Crippen molar-refractivity contribution in [2.45, 2.75) is 32.6 Å². The molecule has 0 aliphatic heterocycles. The van der Waals surface area contributed by atoms with Crippen molar-refractivity contribution in [3.63, 3.8) is 0 Å². The van der Waals surface area contributed by atoms with E-state index in [4.69, 9.17) is 4.42 Å². The second kappa shape index (κ2) is 4.81. The van der Waals surface area contributed by atoms with Gasteiger partial charge in [-0.15, -0.1) is 6.58 Å². The first kappa shape index (κ1) is 9.11. The molecule has 1 heteroatoms. The second-order valence-electron chi connectivity index (χ2n) is 3.05. The Labute approximate surface area is 74.1 Å². The van der Waals surface area contributed by atoms with E-state index in [1.165, 1.54) is 12.8 Å². The molecule has 0 atom stereocenters. The number of furan rings is 1. The van der Waals surface area contributed by atoms with Gasteiger partial charge in [-0.25, -0.2) is 0 Å². The lowest BCUT2D eigenvalue weighted by molar-refractivity contribution is 0.474. The molecule has 0 aromatic carbocycles. The van der Waals surface area contributed by atoms with Gasteiger partial charge in [-0.3, -0.25) is 0 Å². The number of allylic oxidation sites excluding steroid dienone is 1. The predicted octanol–water partition coefficient (Wildman–Crippen LogP) is 3.49. The molecule has 66 valence electrons. The minimum atomic E-state index is 1.01. The number of aryl methyl sites for hydroxylation is 2. The predicted molar refractivity (Wildman–Crippen MR) is 51.2 cm³/mol. The maximum absolute atomic E-state index is 5.44. The topological polar surface area (TPSA) is 13.1 Å². The van der Waals surface area contributed by atoms with Gasteiger partial charge >= 0.3 is 0 Å². The summed E-state index contributed by atoms with van der Waals surface area (Å²) in [5.41, 5.74) is 0. The van der Waals surface area contributed by atoms with Crippen LogP contribution in [0.15, 0.2) is 29.2 Å². The molecule has 1 nitrogen and oxygen atoms in total. The van der Waals surface area contributed by atoms with E-state index in [1.807, 2.05) is 19.1 Å². The monoisotopic (exact) mass is 164 g/mol. The van der Waals surface area contributed by atoms with E-state index in [9.17, 15) is 0 Å². The number of unbranched alkanes of at least 4 members (excludes halogenated alkanes) is 2. The van der Waals surface area contributed by atoms with E-state index < -0.39 is 0 Å². The zero-order valence-corrected chi connectivity index (χ0v) is 7.68. The summed E-state index contributed by atoms with van der Waals surface area (Å²) in [6.45, 7) is 5.67. The third-order valence-electron chi connectivity index (χ3n) is 1.88. The van der Waals surface area contributed by atoms with E-state index >= 15 is 0 Å². The first-order valence-corrected chi connectivity index (χ1v) is 4.49. The van der Waals surface area contributed by atoms with Crippen molar-refractivity contribution < 1.29 is 4.42 Å². The molecule has 0 bridgehead atoms. The van der Waals surface area contributed by atoms with Crippen LogP contribution in [0.1, 0.15) is 30.8 Å². The van der Waals surface area contributed by atoms with Crippen LogP contribution in [0, 0.1) is 6.92 Å². The summed E-state index contributed by atoms with van der Waals surface area (Å²) in [6, 6.07) is 4.08. The third kappa shape index (κ3) is 2.95. The van der Waals surface area contributed by atoms with Crippen LogP contribution in [0.2, 0.25) is 0 Å². The normalized spacial score (nSPS) is 10.1. The fourth-order valence-corrected chi connectivity index (χ4v) is 1.21. The molecule has 0 saturated carbocycles. The highest BCUT2D eigenvalue weighted by Crippen LogP contribution is 2.10. The van der Waals surface area contributed by atoms with E-state index in [2.05, 4.69) is 12.6 Å². The van der Waals surface area contributed by atoms with Crippen molar-refractivity contribution in [2.75, 3.05) is 0 Å². The smallest absolute Gasteiger partial charge is 0.104 e. The van der Waals surface area contributed by atoms with Crippen LogP contribution in [-0.2, 0) is 6.42 Å². The Morgan fingerprint density at radius 3 is 2.83 bits per heavy atom. The fraction of sp³-hybridized carbons (Fsp3) is 0.455. The Morgan fingerprint density at radius 1 is 1.42 bits per heavy atom. The van der Waals surface area contributed by atoms with Gasteiger partial charge in [-0.1, -0.05) is 6.08 Å². The number of hydrogen-bond donors (Lipinski definition) is 0. The first-order chi connectivity index (χ1) is 5.83. The molecule has 0 N–H and O–H groups in total. The van der Waals surface area contributed by atoms with Gasteiger partial charge < -0.3 is 4.42 Å². The van der Waals surface area contributed by atoms with Gasteiger partial charge in [0.15, 0.2) is 0 Å². The van der Waals surface area contributed by atoms with Crippen LogP contribution in [0.25, 0.3) is 0 Å². The molecule has 1 heterocycles. The van der Waals surface area contributed by atoms with Gasteiger partial charge in [0.05, 0.1) is 0 Å². The summed E-state index contributed by atoms with van der Waals surface area (Å²) in [7, 11) is 0. The minimum absolute atomic E-state index is 1.01. The molecule has 1 rings (SSSR count). The molecule has 0 aliphatic rings. The summed E-state index contributed by atoms with van der Waals surface area (Å²) in [5.74, 6) is 2.12. The molecule has 0 radical (unpaired) electrons. The highest BCUT2D eigenvalue weighted by Gasteiger charge is 1.96. The number of hydrogen-bond acceptors (Lipinski definition) is 1. The maximum atomic E-state index is 5.44. The Kier molecular flexibility index (Phi) is 3.65. The van der Waals surface area contributed by atoms with Crippen molar-refractivity contribution in [2.24, 2.45) is 0 Å². The minimum Gasteiger partial charge on any atom is -0.466 e.